The van der Waals surface area contributed by atoms with Gasteiger partial charge < -0.3 is 14.8 Å². The van der Waals surface area contributed by atoms with Gasteiger partial charge in [-0.05, 0) is 45.9 Å². The Bertz CT molecular complexity index is 397. The number of ether oxygens (including phenoxy) is 2. The van der Waals surface area contributed by atoms with Gasteiger partial charge in [0, 0.05) is 19.0 Å². The average Bonchev–Trinajstić information content (AvgIpc) is 2.78. The molecule has 2 atom stereocenters. The molecular weight excluding hydrogens is 317 g/mol. The SMILES string of the molecule is ICOc1ccc2c(c1)[C@H]1CNC[C@@H]1OC2. The van der Waals surface area contributed by atoms with E-state index in [4.69, 9.17) is 9.47 Å². The highest BCUT2D eigenvalue weighted by atomic mass is 127. The summed E-state index contributed by atoms with van der Waals surface area (Å²) in [4.78, 5) is 0. The van der Waals surface area contributed by atoms with E-state index in [-0.39, 0.29) is 0 Å². The quantitative estimate of drug-likeness (QED) is 0.665. The zero-order valence-electron chi connectivity index (χ0n) is 8.91. The van der Waals surface area contributed by atoms with E-state index in [0.717, 1.165) is 25.4 Å². The first kappa shape index (κ1) is 10.8. The third-order valence-corrected chi connectivity index (χ3v) is 3.66. The smallest absolute Gasteiger partial charge is 0.139 e. The fourth-order valence-electron chi connectivity index (χ4n) is 2.54. The molecule has 0 unspecified atom stereocenters. The van der Waals surface area contributed by atoms with Gasteiger partial charge in [-0.15, -0.1) is 0 Å². The Morgan fingerprint density at radius 1 is 1.44 bits per heavy atom. The summed E-state index contributed by atoms with van der Waals surface area (Å²) in [6.07, 6.45) is 0.349. The molecule has 0 amide bonds. The third kappa shape index (κ3) is 1.83. The molecule has 2 aliphatic rings. The molecule has 16 heavy (non-hydrogen) atoms. The number of fused-ring (bicyclic) bond motifs is 3. The minimum atomic E-state index is 0.349. The second-order valence-corrected chi connectivity index (χ2v) is 4.85. The van der Waals surface area contributed by atoms with Crippen molar-refractivity contribution in [2.45, 2.75) is 18.6 Å². The molecule has 2 heterocycles. The minimum absolute atomic E-state index is 0.349. The molecule has 0 bridgehead atoms. The standard InChI is InChI=1S/C12H14INO2/c13-7-16-9-2-1-8-6-15-12-5-14-4-11(12)10(8)3-9/h1-3,11-12,14H,4-7H2/t11-,12+/m1/s1. The molecule has 0 aromatic heterocycles. The van der Waals surface area contributed by atoms with Crippen molar-refractivity contribution in [3.05, 3.63) is 29.3 Å². The average molecular weight is 331 g/mol. The van der Waals surface area contributed by atoms with Crippen LogP contribution in [0.1, 0.15) is 17.0 Å². The van der Waals surface area contributed by atoms with Gasteiger partial charge in [0.1, 0.15) is 10.4 Å². The number of hydrogen-bond acceptors (Lipinski definition) is 3. The highest BCUT2D eigenvalue weighted by Crippen LogP contribution is 2.35. The van der Waals surface area contributed by atoms with Gasteiger partial charge >= 0.3 is 0 Å². The highest BCUT2D eigenvalue weighted by Gasteiger charge is 2.34. The maximum Gasteiger partial charge on any atom is 0.139 e. The number of nitrogens with one attached hydrogen (secondary N) is 1. The lowest BCUT2D eigenvalue weighted by Crippen LogP contribution is -2.26. The zero-order chi connectivity index (χ0) is 11.0. The molecule has 0 saturated carbocycles. The summed E-state index contributed by atoms with van der Waals surface area (Å²) in [5, 5.41) is 3.39. The van der Waals surface area contributed by atoms with E-state index in [9.17, 15) is 0 Å². The van der Waals surface area contributed by atoms with Crippen LogP contribution in [0.25, 0.3) is 0 Å². The largest absolute Gasteiger partial charge is 0.483 e. The fraction of sp³-hybridized carbons (Fsp3) is 0.500. The van der Waals surface area contributed by atoms with Crippen molar-refractivity contribution in [3.8, 4) is 5.75 Å². The number of alkyl halides is 1. The maximum atomic E-state index is 5.82. The zero-order valence-corrected chi connectivity index (χ0v) is 11.1. The van der Waals surface area contributed by atoms with Gasteiger partial charge in [0.05, 0.1) is 12.7 Å². The van der Waals surface area contributed by atoms with Gasteiger partial charge in [0.2, 0.25) is 0 Å². The minimum Gasteiger partial charge on any atom is -0.483 e. The van der Waals surface area contributed by atoms with E-state index in [0.29, 0.717) is 16.6 Å². The van der Waals surface area contributed by atoms with Crippen molar-refractivity contribution >= 4 is 22.6 Å². The maximum absolute atomic E-state index is 5.82. The Hall–Kier alpha value is -0.330. The van der Waals surface area contributed by atoms with Gasteiger partial charge in [-0.3, -0.25) is 0 Å². The number of hydrogen-bond donors (Lipinski definition) is 1. The monoisotopic (exact) mass is 331 g/mol. The molecule has 1 fully saturated rings. The predicted octanol–water partition coefficient (Wildman–Crippen LogP) is 2.04. The van der Waals surface area contributed by atoms with E-state index >= 15 is 0 Å². The Morgan fingerprint density at radius 3 is 3.25 bits per heavy atom. The van der Waals surface area contributed by atoms with E-state index in [1.807, 2.05) is 6.07 Å². The molecule has 4 heteroatoms. The first-order valence-electron chi connectivity index (χ1n) is 5.52. The number of rotatable bonds is 2. The molecule has 3 nitrogen and oxygen atoms in total. The van der Waals surface area contributed by atoms with Crippen LogP contribution >= 0.6 is 22.6 Å². The summed E-state index contributed by atoms with van der Waals surface area (Å²) in [5.41, 5.74) is 2.72. The molecule has 2 aliphatic heterocycles. The van der Waals surface area contributed by atoms with E-state index < -0.39 is 0 Å². The molecule has 1 N–H and O–H groups in total. The van der Waals surface area contributed by atoms with E-state index in [1.54, 1.807) is 0 Å². The number of benzene rings is 1. The van der Waals surface area contributed by atoms with Gasteiger partial charge in [0.15, 0.2) is 0 Å². The summed E-state index contributed by atoms with van der Waals surface area (Å²) in [5.74, 6) is 1.47. The van der Waals surface area contributed by atoms with Crippen molar-refractivity contribution in [3.63, 3.8) is 0 Å². The van der Waals surface area contributed by atoms with Crippen LogP contribution in [0.15, 0.2) is 18.2 Å². The van der Waals surface area contributed by atoms with Crippen LogP contribution in [0.3, 0.4) is 0 Å². The molecule has 86 valence electrons. The Labute approximate surface area is 109 Å². The first-order chi connectivity index (χ1) is 7.88. The second-order valence-electron chi connectivity index (χ2n) is 4.23. The fourth-order valence-corrected chi connectivity index (χ4v) is 2.90. The molecule has 0 spiro atoms. The Balaban J connectivity index is 1.95. The van der Waals surface area contributed by atoms with Gasteiger partial charge in [0.25, 0.3) is 0 Å². The van der Waals surface area contributed by atoms with Crippen LogP contribution in [-0.2, 0) is 11.3 Å². The Morgan fingerprint density at radius 2 is 2.38 bits per heavy atom. The van der Waals surface area contributed by atoms with Crippen molar-refractivity contribution < 1.29 is 9.47 Å². The van der Waals surface area contributed by atoms with Crippen LogP contribution < -0.4 is 10.1 Å². The molecular formula is C12H14INO2. The van der Waals surface area contributed by atoms with Gasteiger partial charge in [-0.25, -0.2) is 0 Å². The molecule has 1 saturated heterocycles. The predicted molar refractivity (Wildman–Crippen MR) is 70.1 cm³/mol. The van der Waals surface area contributed by atoms with Crippen LogP contribution in [0.2, 0.25) is 0 Å². The molecule has 0 aliphatic carbocycles. The van der Waals surface area contributed by atoms with E-state index in [2.05, 4.69) is 40.0 Å². The van der Waals surface area contributed by atoms with E-state index in [1.165, 1.54) is 11.1 Å². The molecule has 1 aromatic rings. The summed E-state index contributed by atoms with van der Waals surface area (Å²) < 4.78 is 12.1. The lowest BCUT2D eigenvalue weighted by molar-refractivity contribution is 0.0298. The lowest BCUT2D eigenvalue weighted by Gasteiger charge is -2.28. The number of halogens is 1. The summed E-state index contributed by atoms with van der Waals surface area (Å²) >= 11 is 2.22. The Kier molecular flexibility index (Phi) is 3.04. The van der Waals surface area contributed by atoms with Gasteiger partial charge in [-0.1, -0.05) is 6.07 Å². The van der Waals surface area contributed by atoms with Gasteiger partial charge in [-0.2, -0.15) is 0 Å². The van der Waals surface area contributed by atoms with Crippen LogP contribution in [0, 0.1) is 0 Å². The van der Waals surface area contributed by atoms with Crippen molar-refractivity contribution in [2.24, 2.45) is 0 Å². The molecule has 0 radical (unpaired) electrons. The highest BCUT2D eigenvalue weighted by molar-refractivity contribution is 14.1. The second kappa shape index (κ2) is 4.50. The lowest BCUT2D eigenvalue weighted by atomic mass is 9.89. The van der Waals surface area contributed by atoms with Crippen molar-refractivity contribution in [1.29, 1.82) is 0 Å². The molecule has 1 aromatic carbocycles. The normalized spacial score (nSPS) is 27.3. The topological polar surface area (TPSA) is 30.5 Å². The van der Waals surface area contributed by atoms with Crippen LogP contribution in [0.5, 0.6) is 5.75 Å². The summed E-state index contributed by atoms with van der Waals surface area (Å²) in [7, 11) is 0. The summed E-state index contributed by atoms with van der Waals surface area (Å²) in [6, 6.07) is 6.34. The van der Waals surface area contributed by atoms with Crippen LogP contribution in [-0.4, -0.2) is 23.8 Å². The third-order valence-electron chi connectivity index (χ3n) is 3.35. The molecule has 3 rings (SSSR count). The van der Waals surface area contributed by atoms with Crippen molar-refractivity contribution in [2.75, 3.05) is 17.7 Å². The van der Waals surface area contributed by atoms with Crippen LogP contribution in [0.4, 0.5) is 0 Å². The first-order valence-corrected chi connectivity index (χ1v) is 7.05. The summed E-state index contributed by atoms with van der Waals surface area (Å²) in [6.45, 7) is 2.73. The van der Waals surface area contributed by atoms with Crippen molar-refractivity contribution in [1.82, 2.24) is 5.32 Å².